The average Bonchev–Trinajstić information content (AvgIpc) is 2.69. The lowest BCUT2D eigenvalue weighted by Gasteiger charge is -2.19. The molecule has 1 heterocycles. The third-order valence-corrected chi connectivity index (χ3v) is 4.14. The van der Waals surface area contributed by atoms with E-state index in [4.69, 9.17) is 34.8 Å². The zero-order valence-corrected chi connectivity index (χ0v) is 14.0. The van der Waals surface area contributed by atoms with Gasteiger partial charge >= 0.3 is 6.03 Å². The van der Waals surface area contributed by atoms with Gasteiger partial charge in [0.2, 0.25) is 0 Å². The molecule has 1 saturated heterocycles. The Balaban J connectivity index is 2.09. The molecule has 0 unspecified atom stereocenters. The molecule has 1 fully saturated rings. The highest BCUT2D eigenvalue weighted by molar-refractivity contribution is 8.03. The summed E-state index contributed by atoms with van der Waals surface area (Å²) in [5, 5.41) is 0. The molecule has 1 N–H and O–H groups in total. The second-order valence-electron chi connectivity index (χ2n) is 4.60. The molecule has 0 saturated carbocycles. The largest absolute Gasteiger partial charge is 0.350 e. The van der Waals surface area contributed by atoms with Crippen LogP contribution in [0.25, 0.3) is 0 Å². The molecule has 0 aromatic heterocycles. The molecule has 2 rings (SSSR count). The van der Waals surface area contributed by atoms with E-state index in [0.29, 0.717) is 12.6 Å². The Kier molecular flexibility index (Phi) is 4.97. The topological polar surface area (TPSA) is 35.6 Å². The lowest BCUT2D eigenvalue weighted by Crippen LogP contribution is -2.31. The van der Waals surface area contributed by atoms with Crippen LogP contribution in [-0.4, -0.2) is 20.2 Å². The van der Waals surface area contributed by atoms with Crippen LogP contribution in [-0.2, 0) is 0 Å². The van der Waals surface area contributed by atoms with Crippen LogP contribution in [0.2, 0.25) is 0 Å². The molecule has 4 nitrogen and oxygen atoms in total. The Bertz CT molecular complexity index is 490. The van der Waals surface area contributed by atoms with Crippen LogP contribution in [0.15, 0.2) is 24.3 Å². The Morgan fingerprint density at radius 2 is 1.85 bits per heavy atom. The standard InChI is InChI=1S/C12H14Cl3N3OS/c1-8(2)9-3-5-10(6-4-9)17-7-16-18(11(17)19)20-12(13,14)15/h3-6,8,16H,7H2,1-2H3. The molecule has 20 heavy (non-hydrogen) atoms. The molecule has 1 aliphatic rings. The van der Waals surface area contributed by atoms with E-state index in [-0.39, 0.29) is 6.03 Å². The van der Waals surface area contributed by atoms with Gasteiger partial charge in [0.1, 0.15) is 0 Å². The number of benzene rings is 1. The fourth-order valence-electron chi connectivity index (χ4n) is 1.80. The van der Waals surface area contributed by atoms with Gasteiger partial charge < -0.3 is 0 Å². The molecule has 0 aliphatic carbocycles. The number of amides is 2. The van der Waals surface area contributed by atoms with Gasteiger partial charge in [-0.3, -0.25) is 4.90 Å². The van der Waals surface area contributed by atoms with E-state index in [1.807, 2.05) is 24.3 Å². The normalized spacial score (nSPS) is 16.4. The minimum absolute atomic E-state index is 0.265. The number of anilines is 1. The lowest BCUT2D eigenvalue weighted by molar-refractivity contribution is 0.236. The van der Waals surface area contributed by atoms with E-state index in [0.717, 1.165) is 17.6 Å². The van der Waals surface area contributed by atoms with Crippen molar-refractivity contribution >= 4 is 58.5 Å². The molecular weight excluding hydrogens is 341 g/mol. The van der Waals surface area contributed by atoms with Crippen LogP contribution in [0.1, 0.15) is 25.3 Å². The highest BCUT2D eigenvalue weighted by atomic mass is 35.6. The molecule has 8 heteroatoms. The number of nitrogens with zero attached hydrogens (tertiary/aromatic N) is 2. The lowest BCUT2D eigenvalue weighted by atomic mass is 10.0. The van der Waals surface area contributed by atoms with Crippen molar-refractivity contribution in [3.05, 3.63) is 29.8 Å². The monoisotopic (exact) mass is 353 g/mol. The zero-order chi connectivity index (χ0) is 14.9. The van der Waals surface area contributed by atoms with Crippen LogP contribution in [0, 0.1) is 0 Å². The Morgan fingerprint density at radius 3 is 2.35 bits per heavy atom. The van der Waals surface area contributed by atoms with Crippen LogP contribution in [0.3, 0.4) is 0 Å². The van der Waals surface area contributed by atoms with Gasteiger partial charge in [0.15, 0.2) is 0 Å². The quantitative estimate of drug-likeness (QED) is 0.641. The molecular formula is C12H14Cl3N3OS. The van der Waals surface area contributed by atoms with Gasteiger partial charge in [0.05, 0.1) is 6.67 Å². The fraction of sp³-hybridized carbons (Fsp3) is 0.417. The highest BCUT2D eigenvalue weighted by Crippen LogP contribution is 2.41. The number of hydrogen-bond acceptors (Lipinski definition) is 3. The number of hydrogen-bond donors (Lipinski definition) is 1. The predicted octanol–water partition coefficient (Wildman–Crippen LogP) is 4.49. The van der Waals surface area contributed by atoms with Crippen LogP contribution in [0.4, 0.5) is 10.5 Å². The average molecular weight is 355 g/mol. The maximum absolute atomic E-state index is 12.2. The van der Waals surface area contributed by atoms with E-state index in [2.05, 4.69) is 19.3 Å². The van der Waals surface area contributed by atoms with E-state index >= 15 is 0 Å². The Labute approximate surface area is 137 Å². The van der Waals surface area contributed by atoms with E-state index in [9.17, 15) is 4.79 Å². The molecule has 1 aliphatic heterocycles. The fourth-order valence-corrected chi connectivity index (χ4v) is 2.92. The first-order valence-electron chi connectivity index (χ1n) is 5.99. The van der Waals surface area contributed by atoms with E-state index in [1.165, 1.54) is 9.98 Å². The number of hydrazine groups is 1. The first-order chi connectivity index (χ1) is 9.28. The van der Waals surface area contributed by atoms with Crippen molar-refractivity contribution in [2.24, 2.45) is 0 Å². The Morgan fingerprint density at radius 1 is 1.25 bits per heavy atom. The molecule has 0 spiro atoms. The van der Waals surface area contributed by atoms with Crippen molar-refractivity contribution in [3.8, 4) is 0 Å². The smallest absolute Gasteiger partial charge is 0.278 e. The summed E-state index contributed by atoms with van der Waals surface area (Å²) in [6.45, 7) is 4.58. The first-order valence-corrected chi connectivity index (χ1v) is 7.89. The van der Waals surface area contributed by atoms with Gasteiger partial charge in [0, 0.05) is 17.6 Å². The molecule has 0 atom stereocenters. The van der Waals surface area contributed by atoms with Crippen molar-refractivity contribution in [1.82, 2.24) is 9.84 Å². The van der Waals surface area contributed by atoms with Gasteiger partial charge in [-0.05, 0) is 23.6 Å². The third-order valence-electron chi connectivity index (χ3n) is 2.84. The first kappa shape index (κ1) is 16.0. The van der Waals surface area contributed by atoms with Crippen LogP contribution < -0.4 is 10.3 Å². The maximum atomic E-state index is 12.2. The van der Waals surface area contributed by atoms with E-state index < -0.39 is 3.12 Å². The minimum atomic E-state index is -1.58. The van der Waals surface area contributed by atoms with Crippen molar-refractivity contribution in [2.75, 3.05) is 11.6 Å². The maximum Gasteiger partial charge on any atom is 0.350 e. The van der Waals surface area contributed by atoms with Crippen molar-refractivity contribution in [1.29, 1.82) is 0 Å². The summed E-state index contributed by atoms with van der Waals surface area (Å²) in [6.07, 6.45) is 0. The van der Waals surface area contributed by atoms with Gasteiger partial charge in [-0.1, -0.05) is 60.8 Å². The SMILES string of the molecule is CC(C)c1ccc(N2CNN(SC(Cl)(Cl)Cl)C2=O)cc1. The van der Waals surface area contributed by atoms with Crippen LogP contribution >= 0.6 is 46.8 Å². The number of alkyl halides is 3. The summed E-state index contributed by atoms with van der Waals surface area (Å²) in [4.78, 5) is 13.8. The summed E-state index contributed by atoms with van der Waals surface area (Å²) in [6, 6.07) is 7.59. The van der Waals surface area contributed by atoms with Gasteiger partial charge in [-0.15, -0.1) is 0 Å². The number of urea groups is 1. The van der Waals surface area contributed by atoms with Crippen molar-refractivity contribution in [3.63, 3.8) is 0 Å². The number of halogens is 3. The number of carbonyl (C=O) groups is 1. The highest BCUT2D eigenvalue weighted by Gasteiger charge is 2.36. The molecule has 1 aromatic carbocycles. The number of nitrogens with one attached hydrogen (secondary N) is 1. The Hall–Kier alpha value is -0.330. The second-order valence-corrected chi connectivity index (χ2v) is 8.72. The van der Waals surface area contributed by atoms with Gasteiger partial charge in [0.25, 0.3) is 3.12 Å². The van der Waals surface area contributed by atoms with Gasteiger partial charge in [-0.25, -0.2) is 4.79 Å². The summed E-state index contributed by atoms with van der Waals surface area (Å²) in [7, 11) is 0. The third kappa shape index (κ3) is 3.86. The summed E-state index contributed by atoms with van der Waals surface area (Å²) in [5.41, 5.74) is 4.90. The second kappa shape index (κ2) is 6.20. The molecule has 1 aromatic rings. The molecule has 110 valence electrons. The number of carbonyl (C=O) groups excluding carboxylic acids is 1. The zero-order valence-electron chi connectivity index (χ0n) is 10.9. The predicted molar refractivity (Wildman–Crippen MR) is 86.1 cm³/mol. The number of rotatable bonds is 3. The van der Waals surface area contributed by atoms with Gasteiger partial charge in [-0.2, -0.15) is 9.84 Å². The summed E-state index contributed by atoms with van der Waals surface area (Å²) < 4.78 is -0.358. The van der Waals surface area contributed by atoms with Crippen LogP contribution in [0.5, 0.6) is 0 Å². The summed E-state index contributed by atoms with van der Waals surface area (Å²) in [5.74, 6) is 0.452. The van der Waals surface area contributed by atoms with E-state index in [1.54, 1.807) is 4.90 Å². The van der Waals surface area contributed by atoms with Crippen molar-refractivity contribution in [2.45, 2.75) is 22.9 Å². The summed E-state index contributed by atoms with van der Waals surface area (Å²) >= 11 is 17.8. The minimum Gasteiger partial charge on any atom is -0.278 e. The molecule has 0 bridgehead atoms. The molecule has 2 amide bonds. The molecule has 0 radical (unpaired) electrons. The van der Waals surface area contributed by atoms with Crippen molar-refractivity contribution < 1.29 is 4.79 Å².